The highest BCUT2D eigenvalue weighted by molar-refractivity contribution is 7.17. The molecular formula is C26H22N4O5S. The summed E-state index contributed by atoms with van der Waals surface area (Å²) in [5, 5.41) is 11.7. The van der Waals surface area contributed by atoms with Gasteiger partial charge in [0.25, 0.3) is 5.78 Å². The fourth-order valence-electron chi connectivity index (χ4n) is 4.38. The highest BCUT2D eigenvalue weighted by atomic mass is 32.1. The van der Waals surface area contributed by atoms with Gasteiger partial charge >= 0.3 is 11.9 Å². The van der Waals surface area contributed by atoms with Crippen molar-refractivity contribution in [3.05, 3.63) is 87.8 Å². The second-order valence-corrected chi connectivity index (χ2v) is 9.16. The van der Waals surface area contributed by atoms with E-state index in [1.807, 2.05) is 12.1 Å². The van der Waals surface area contributed by atoms with E-state index in [1.165, 1.54) is 4.90 Å². The molecule has 4 heterocycles. The van der Waals surface area contributed by atoms with Crippen molar-refractivity contribution >= 4 is 45.5 Å². The Balaban J connectivity index is 1.73. The summed E-state index contributed by atoms with van der Waals surface area (Å²) in [7, 11) is 0. The average Bonchev–Trinajstić information content (AvgIpc) is 3.50. The number of imidazole rings is 1. The van der Waals surface area contributed by atoms with Gasteiger partial charge in [-0.05, 0) is 38.5 Å². The number of aliphatic hydroxyl groups is 1. The van der Waals surface area contributed by atoms with Gasteiger partial charge in [0.2, 0.25) is 0 Å². The lowest BCUT2D eigenvalue weighted by molar-refractivity contribution is -0.132. The number of rotatable bonds is 5. The standard InChI is InChI=1S/C26H22N4O5S/c1-4-35-25(34)23-15(3)28-26(36-23)30-20(16-10-6-5-7-11-16)18(22(32)24(30)33)21(31)19-14(2)27-17-12-8-9-13-29(17)19/h5-13,20,31H,4H2,1-3H3/b21-18+. The van der Waals surface area contributed by atoms with E-state index in [1.54, 1.807) is 67.8 Å². The number of aryl methyl sites for hydroxylation is 2. The summed E-state index contributed by atoms with van der Waals surface area (Å²) in [5.41, 5.74) is 2.34. The molecule has 0 spiro atoms. The lowest BCUT2D eigenvalue weighted by Gasteiger charge is -2.23. The van der Waals surface area contributed by atoms with Gasteiger partial charge in [0, 0.05) is 6.20 Å². The SMILES string of the molecule is CCOC(=O)c1sc(N2C(=O)C(=O)/C(=C(/O)c3c(C)nc4ccccn34)C2c2ccccc2)nc1C. The first kappa shape index (κ1) is 23.4. The molecule has 1 unspecified atom stereocenters. The largest absolute Gasteiger partial charge is 0.505 e. The number of nitrogens with zero attached hydrogens (tertiary/aromatic N) is 4. The predicted octanol–water partition coefficient (Wildman–Crippen LogP) is 4.21. The summed E-state index contributed by atoms with van der Waals surface area (Å²) < 4.78 is 6.78. The maximum Gasteiger partial charge on any atom is 0.350 e. The zero-order valence-electron chi connectivity index (χ0n) is 19.8. The van der Waals surface area contributed by atoms with E-state index in [0.717, 1.165) is 11.3 Å². The van der Waals surface area contributed by atoms with Gasteiger partial charge in [-0.3, -0.25) is 18.9 Å². The maximum absolute atomic E-state index is 13.4. The number of carbonyl (C=O) groups excluding carboxylic acids is 3. The van der Waals surface area contributed by atoms with Crippen molar-refractivity contribution in [2.24, 2.45) is 0 Å². The van der Waals surface area contributed by atoms with Crippen LogP contribution in [0.1, 0.15) is 45.3 Å². The number of esters is 1. The molecule has 0 saturated carbocycles. The maximum atomic E-state index is 13.4. The van der Waals surface area contributed by atoms with Crippen LogP contribution in [0.4, 0.5) is 5.13 Å². The molecule has 1 N–H and O–H groups in total. The van der Waals surface area contributed by atoms with Gasteiger partial charge < -0.3 is 9.84 Å². The third kappa shape index (κ3) is 3.66. The number of ether oxygens (including phenoxy) is 1. The van der Waals surface area contributed by atoms with Crippen LogP contribution in [0.25, 0.3) is 11.4 Å². The molecule has 1 amide bonds. The van der Waals surface area contributed by atoms with Crippen LogP contribution < -0.4 is 4.90 Å². The molecule has 1 saturated heterocycles. The van der Waals surface area contributed by atoms with Gasteiger partial charge in [0.05, 0.1) is 29.6 Å². The number of thiazole rings is 1. The molecule has 182 valence electrons. The fourth-order valence-corrected chi connectivity index (χ4v) is 5.37. The van der Waals surface area contributed by atoms with E-state index in [0.29, 0.717) is 28.3 Å². The topological polar surface area (TPSA) is 114 Å². The number of anilines is 1. The monoisotopic (exact) mass is 502 g/mol. The minimum Gasteiger partial charge on any atom is -0.505 e. The van der Waals surface area contributed by atoms with Crippen LogP contribution in [0, 0.1) is 13.8 Å². The van der Waals surface area contributed by atoms with E-state index < -0.39 is 23.7 Å². The molecule has 1 aliphatic heterocycles. The van der Waals surface area contributed by atoms with E-state index in [-0.39, 0.29) is 27.9 Å². The van der Waals surface area contributed by atoms with Crippen LogP contribution in [-0.4, -0.2) is 43.7 Å². The van der Waals surface area contributed by atoms with Crippen molar-refractivity contribution in [3.8, 4) is 0 Å². The van der Waals surface area contributed by atoms with Crippen LogP contribution in [0.3, 0.4) is 0 Å². The minimum absolute atomic E-state index is 0.0782. The molecule has 1 aromatic carbocycles. The summed E-state index contributed by atoms with van der Waals surface area (Å²) in [4.78, 5) is 49.6. The smallest absolute Gasteiger partial charge is 0.350 e. The fraction of sp³-hybridized carbons (Fsp3) is 0.192. The minimum atomic E-state index is -0.958. The van der Waals surface area contributed by atoms with Gasteiger partial charge in [-0.25, -0.2) is 14.8 Å². The van der Waals surface area contributed by atoms with Crippen molar-refractivity contribution in [1.29, 1.82) is 0 Å². The number of aliphatic hydroxyl groups excluding tert-OH is 1. The summed E-state index contributed by atoms with van der Waals surface area (Å²) in [6.45, 7) is 5.26. The normalized spacial score (nSPS) is 17.2. The third-order valence-corrected chi connectivity index (χ3v) is 7.08. The Hall–Kier alpha value is -4.31. The van der Waals surface area contributed by atoms with Crippen molar-refractivity contribution < 1.29 is 24.2 Å². The Labute approximate surface area is 210 Å². The number of aromatic nitrogens is 3. The van der Waals surface area contributed by atoms with E-state index >= 15 is 0 Å². The molecule has 9 nitrogen and oxygen atoms in total. The number of Topliss-reactive ketones (excluding diaryl/α,β-unsaturated/α-hetero) is 1. The van der Waals surface area contributed by atoms with Gasteiger partial charge in [-0.2, -0.15) is 0 Å². The summed E-state index contributed by atoms with van der Waals surface area (Å²) in [6, 6.07) is 13.4. The van der Waals surface area contributed by atoms with E-state index in [4.69, 9.17) is 4.74 Å². The second-order valence-electron chi connectivity index (χ2n) is 8.19. The van der Waals surface area contributed by atoms with Gasteiger partial charge in [-0.1, -0.05) is 47.7 Å². The van der Waals surface area contributed by atoms with Crippen molar-refractivity contribution in [1.82, 2.24) is 14.4 Å². The number of ketones is 1. The molecule has 36 heavy (non-hydrogen) atoms. The Morgan fingerprint density at radius 1 is 1.06 bits per heavy atom. The molecule has 1 fully saturated rings. The van der Waals surface area contributed by atoms with E-state index in [9.17, 15) is 19.5 Å². The Bertz CT molecular complexity index is 1550. The number of hydrogen-bond acceptors (Lipinski definition) is 8. The summed E-state index contributed by atoms with van der Waals surface area (Å²) in [5.74, 6) is -2.58. The molecule has 10 heteroatoms. The quantitative estimate of drug-likeness (QED) is 0.188. The molecule has 0 aliphatic carbocycles. The highest BCUT2D eigenvalue weighted by Gasteiger charge is 2.48. The first-order chi connectivity index (χ1) is 17.3. The molecule has 4 aromatic rings. The first-order valence-corrected chi connectivity index (χ1v) is 12.1. The highest BCUT2D eigenvalue weighted by Crippen LogP contribution is 2.44. The van der Waals surface area contributed by atoms with E-state index in [2.05, 4.69) is 9.97 Å². The molecule has 1 aliphatic rings. The molecule has 0 bridgehead atoms. The van der Waals surface area contributed by atoms with Crippen molar-refractivity contribution in [2.75, 3.05) is 11.5 Å². The first-order valence-electron chi connectivity index (χ1n) is 11.3. The molecule has 1 atom stereocenters. The number of pyridine rings is 1. The summed E-state index contributed by atoms with van der Waals surface area (Å²) in [6.07, 6.45) is 1.73. The lowest BCUT2D eigenvalue weighted by Crippen LogP contribution is -2.29. The Morgan fingerprint density at radius 3 is 2.50 bits per heavy atom. The van der Waals surface area contributed by atoms with Crippen LogP contribution in [0.15, 0.2) is 60.3 Å². The number of amides is 1. The van der Waals surface area contributed by atoms with Crippen LogP contribution in [-0.2, 0) is 14.3 Å². The third-order valence-electron chi connectivity index (χ3n) is 5.94. The average molecular weight is 503 g/mol. The van der Waals surface area contributed by atoms with Crippen LogP contribution >= 0.6 is 11.3 Å². The zero-order valence-corrected chi connectivity index (χ0v) is 20.6. The molecule has 0 radical (unpaired) electrons. The number of fused-ring (bicyclic) bond motifs is 1. The zero-order chi connectivity index (χ0) is 25.6. The Morgan fingerprint density at radius 2 is 1.78 bits per heavy atom. The van der Waals surface area contributed by atoms with Crippen LogP contribution in [0.2, 0.25) is 0 Å². The van der Waals surface area contributed by atoms with Gasteiger partial charge in [0.15, 0.2) is 10.9 Å². The predicted molar refractivity (Wildman–Crippen MR) is 134 cm³/mol. The van der Waals surface area contributed by atoms with Gasteiger partial charge in [-0.15, -0.1) is 0 Å². The van der Waals surface area contributed by atoms with Crippen molar-refractivity contribution in [3.63, 3.8) is 0 Å². The number of hydrogen-bond donors (Lipinski definition) is 1. The van der Waals surface area contributed by atoms with Crippen molar-refractivity contribution in [2.45, 2.75) is 26.8 Å². The molecule has 5 rings (SSSR count). The molecule has 3 aromatic heterocycles. The second kappa shape index (κ2) is 9.04. The van der Waals surface area contributed by atoms with Gasteiger partial charge in [0.1, 0.15) is 16.2 Å². The number of benzene rings is 1. The molecular weight excluding hydrogens is 480 g/mol. The van der Waals surface area contributed by atoms with Crippen LogP contribution in [0.5, 0.6) is 0 Å². The lowest BCUT2D eigenvalue weighted by atomic mass is 9.96. The Kier molecular flexibility index (Phi) is 5.89. The number of carbonyl (C=O) groups is 3. The summed E-state index contributed by atoms with van der Waals surface area (Å²) >= 11 is 0.971.